The van der Waals surface area contributed by atoms with Crippen molar-refractivity contribution in [2.75, 3.05) is 13.1 Å². The molecule has 2 fully saturated rings. The molecule has 2 saturated heterocycles. The summed E-state index contributed by atoms with van der Waals surface area (Å²) in [6.07, 6.45) is 3.93. The van der Waals surface area contributed by atoms with Crippen LogP contribution in [0.1, 0.15) is 31.4 Å². The Kier molecular flexibility index (Phi) is 4.78. The van der Waals surface area contributed by atoms with E-state index in [1.54, 1.807) is 11.1 Å². The van der Waals surface area contributed by atoms with E-state index in [-0.39, 0.29) is 18.2 Å². The highest BCUT2D eigenvalue weighted by Crippen LogP contribution is 2.26. The van der Waals surface area contributed by atoms with E-state index >= 15 is 0 Å². The van der Waals surface area contributed by atoms with Gasteiger partial charge in [-0.1, -0.05) is 6.07 Å². The first-order chi connectivity index (χ1) is 11.6. The van der Waals surface area contributed by atoms with Gasteiger partial charge in [0.25, 0.3) is 0 Å². The summed E-state index contributed by atoms with van der Waals surface area (Å²) in [5.41, 5.74) is 0.778. The average Bonchev–Trinajstić information content (AvgIpc) is 2.96. The molecule has 2 aliphatic rings. The molecule has 3 rings (SSSR count). The monoisotopic (exact) mass is 331 g/mol. The maximum atomic E-state index is 12.7. The first-order valence-corrected chi connectivity index (χ1v) is 8.27. The van der Waals surface area contributed by atoms with Gasteiger partial charge in [-0.15, -0.1) is 0 Å². The lowest BCUT2D eigenvalue weighted by Gasteiger charge is -2.34. The summed E-state index contributed by atoms with van der Waals surface area (Å²) >= 11 is 0. The molecule has 0 radical (unpaired) electrons. The number of aromatic nitrogens is 1. The number of hydrogen-bond acceptors (Lipinski definition) is 4. The van der Waals surface area contributed by atoms with Gasteiger partial charge < -0.3 is 14.9 Å². The predicted octanol–water partition coefficient (Wildman–Crippen LogP) is 0.896. The number of aliphatic carboxylic acids is 1. The molecule has 0 aliphatic carbocycles. The van der Waals surface area contributed by atoms with Gasteiger partial charge in [-0.3, -0.25) is 14.6 Å². The van der Waals surface area contributed by atoms with E-state index < -0.39 is 17.9 Å². The van der Waals surface area contributed by atoms with Crippen molar-refractivity contribution in [3.63, 3.8) is 0 Å². The molecule has 2 aliphatic heterocycles. The van der Waals surface area contributed by atoms with E-state index in [0.29, 0.717) is 26.1 Å². The minimum absolute atomic E-state index is 0.0807. The molecule has 3 heterocycles. The van der Waals surface area contributed by atoms with Crippen LogP contribution in [-0.4, -0.2) is 56.8 Å². The van der Waals surface area contributed by atoms with Gasteiger partial charge in [0.05, 0.1) is 18.2 Å². The van der Waals surface area contributed by atoms with Crippen molar-refractivity contribution in [2.24, 2.45) is 5.92 Å². The van der Waals surface area contributed by atoms with Crippen molar-refractivity contribution in [1.82, 2.24) is 14.8 Å². The third-order valence-corrected chi connectivity index (χ3v) is 4.71. The van der Waals surface area contributed by atoms with Crippen LogP contribution in [0.15, 0.2) is 24.4 Å². The number of nitrogens with zero attached hydrogens (tertiary/aromatic N) is 3. The Morgan fingerprint density at radius 3 is 2.83 bits per heavy atom. The number of pyridine rings is 1. The second-order valence-electron chi connectivity index (χ2n) is 6.38. The summed E-state index contributed by atoms with van der Waals surface area (Å²) in [7, 11) is 0. The second-order valence-corrected chi connectivity index (χ2v) is 6.38. The molecular weight excluding hydrogens is 310 g/mol. The summed E-state index contributed by atoms with van der Waals surface area (Å²) in [5.74, 6) is -1.71. The van der Waals surface area contributed by atoms with Crippen molar-refractivity contribution < 1.29 is 19.5 Å². The Balaban J connectivity index is 1.66. The van der Waals surface area contributed by atoms with Crippen molar-refractivity contribution >= 4 is 17.8 Å². The Labute approximate surface area is 140 Å². The fourth-order valence-corrected chi connectivity index (χ4v) is 3.46. The van der Waals surface area contributed by atoms with Gasteiger partial charge in [-0.25, -0.2) is 4.79 Å². The van der Waals surface area contributed by atoms with E-state index in [1.165, 1.54) is 4.90 Å². The van der Waals surface area contributed by atoms with Crippen molar-refractivity contribution in [3.8, 4) is 0 Å². The normalized spacial score (nSPS) is 24.2. The number of carboxylic acids is 1. The quantitative estimate of drug-likeness (QED) is 0.885. The van der Waals surface area contributed by atoms with Crippen LogP contribution in [0.25, 0.3) is 0 Å². The number of hydrogen-bond donors (Lipinski definition) is 1. The fourth-order valence-electron chi connectivity index (χ4n) is 3.46. The molecule has 1 N–H and O–H groups in total. The predicted molar refractivity (Wildman–Crippen MR) is 84.7 cm³/mol. The number of amides is 2. The average molecular weight is 331 g/mol. The largest absolute Gasteiger partial charge is 0.480 e. The molecule has 0 saturated carbocycles. The van der Waals surface area contributed by atoms with E-state index in [2.05, 4.69) is 4.98 Å². The van der Waals surface area contributed by atoms with Crippen LogP contribution in [-0.2, 0) is 20.9 Å². The number of carboxylic acid groups (broad SMARTS) is 1. The summed E-state index contributed by atoms with van der Waals surface area (Å²) in [6.45, 7) is 1.17. The topological polar surface area (TPSA) is 90.8 Å². The number of piperidine rings is 1. The Hall–Kier alpha value is -2.44. The van der Waals surface area contributed by atoms with Crippen LogP contribution in [0, 0.1) is 5.92 Å². The van der Waals surface area contributed by atoms with Crippen LogP contribution >= 0.6 is 0 Å². The molecule has 24 heavy (non-hydrogen) atoms. The third-order valence-electron chi connectivity index (χ3n) is 4.71. The molecule has 7 nitrogen and oxygen atoms in total. The number of carbonyl (C=O) groups is 3. The van der Waals surface area contributed by atoms with Crippen molar-refractivity contribution in [2.45, 2.75) is 38.3 Å². The fraction of sp³-hybridized carbons (Fsp3) is 0.529. The molecule has 2 amide bonds. The molecule has 1 aromatic rings. The summed E-state index contributed by atoms with van der Waals surface area (Å²) < 4.78 is 0. The van der Waals surface area contributed by atoms with Crippen molar-refractivity contribution in [3.05, 3.63) is 30.1 Å². The highest BCUT2D eigenvalue weighted by atomic mass is 16.4. The van der Waals surface area contributed by atoms with Gasteiger partial charge in [-0.05, 0) is 31.4 Å². The summed E-state index contributed by atoms with van der Waals surface area (Å²) in [5, 5.41) is 9.32. The minimum Gasteiger partial charge on any atom is -0.480 e. The number of likely N-dealkylation sites (tertiary alicyclic amines) is 2. The van der Waals surface area contributed by atoms with Gasteiger partial charge in [0.15, 0.2) is 0 Å². The lowest BCUT2D eigenvalue weighted by Crippen LogP contribution is -2.50. The molecule has 128 valence electrons. The van der Waals surface area contributed by atoms with E-state index in [1.807, 2.05) is 18.2 Å². The van der Waals surface area contributed by atoms with Crippen LogP contribution < -0.4 is 0 Å². The Bertz CT molecular complexity index is 634. The van der Waals surface area contributed by atoms with Crippen LogP contribution in [0.5, 0.6) is 0 Å². The van der Waals surface area contributed by atoms with E-state index in [4.69, 9.17) is 0 Å². The first-order valence-electron chi connectivity index (χ1n) is 8.27. The van der Waals surface area contributed by atoms with Crippen LogP contribution in [0.3, 0.4) is 0 Å². The Morgan fingerprint density at radius 1 is 1.29 bits per heavy atom. The Morgan fingerprint density at radius 2 is 2.12 bits per heavy atom. The van der Waals surface area contributed by atoms with Crippen LogP contribution in [0.2, 0.25) is 0 Å². The highest BCUT2D eigenvalue weighted by molar-refractivity contribution is 5.91. The third kappa shape index (κ3) is 3.39. The lowest BCUT2D eigenvalue weighted by molar-refractivity contribution is -0.153. The van der Waals surface area contributed by atoms with Gasteiger partial charge in [0.2, 0.25) is 11.8 Å². The SMILES string of the molecule is O=C(O)C1CCCCN1C(=O)C1CC(=O)N(Cc2ccccn2)C1. The van der Waals surface area contributed by atoms with Gasteiger partial charge in [-0.2, -0.15) is 0 Å². The summed E-state index contributed by atoms with van der Waals surface area (Å²) in [6, 6.07) is 4.75. The maximum Gasteiger partial charge on any atom is 0.326 e. The number of carbonyl (C=O) groups excluding carboxylic acids is 2. The molecule has 0 bridgehead atoms. The zero-order valence-electron chi connectivity index (χ0n) is 13.4. The van der Waals surface area contributed by atoms with Crippen LogP contribution in [0.4, 0.5) is 0 Å². The maximum absolute atomic E-state index is 12.7. The molecule has 0 spiro atoms. The molecule has 2 unspecified atom stereocenters. The zero-order valence-corrected chi connectivity index (χ0v) is 13.4. The van der Waals surface area contributed by atoms with E-state index in [9.17, 15) is 19.5 Å². The smallest absolute Gasteiger partial charge is 0.326 e. The molecule has 1 aromatic heterocycles. The standard InChI is InChI=1S/C17H21N3O4/c21-15-9-12(10-19(15)11-13-5-1-3-7-18-13)16(22)20-8-4-2-6-14(20)17(23)24/h1,3,5,7,12,14H,2,4,6,8-11H2,(H,23,24). The number of rotatable bonds is 4. The first kappa shape index (κ1) is 16.4. The molecule has 2 atom stereocenters. The highest BCUT2D eigenvalue weighted by Gasteiger charge is 2.40. The van der Waals surface area contributed by atoms with Gasteiger partial charge >= 0.3 is 5.97 Å². The second kappa shape index (κ2) is 6.98. The minimum atomic E-state index is -0.960. The molecule has 7 heteroatoms. The molecule has 0 aromatic carbocycles. The molecular formula is C17H21N3O4. The van der Waals surface area contributed by atoms with Gasteiger partial charge in [0.1, 0.15) is 6.04 Å². The zero-order chi connectivity index (χ0) is 17.1. The lowest BCUT2D eigenvalue weighted by atomic mass is 9.98. The summed E-state index contributed by atoms with van der Waals surface area (Å²) in [4.78, 5) is 43.6. The van der Waals surface area contributed by atoms with E-state index in [0.717, 1.165) is 18.5 Å². The van der Waals surface area contributed by atoms with Crippen molar-refractivity contribution in [1.29, 1.82) is 0 Å². The van der Waals surface area contributed by atoms with Gasteiger partial charge in [0, 0.05) is 25.7 Å².